The fourth-order valence-electron chi connectivity index (χ4n) is 2.88. The summed E-state index contributed by atoms with van der Waals surface area (Å²) in [7, 11) is 0. The molecule has 1 heterocycles. The lowest BCUT2D eigenvalue weighted by Crippen LogP contribution is -2.19. The SMILES string of the molecule is O=C(Nc1ccccc1)Nc1ccc(OCC2CN2CC2CC2)cc1. The highest BCUT2D eigenvalue weighted by Gasteiger charge is 2.38. The number of anilines is 2. The van der Waals surface area contributed by atoms with Gasteiger partial charge in [0.1, 0.15) is 12.4 Å². The van der Waals surface area contributed by atoms with Crippen molar-refractivity contribution < 1.29 is 9.53 Å². The van der Waals surface area contributed by atoms with Gasteiger partial charge in [-0.1, -0.05) is 18.2 Å². The molecule has 1 aliphatic carbocycles. The average molecular weight is 337 g/mol. The number of ether oxygens (including phenoxy) is 1. The number of benzene rings is 2. The third-order valence-electron chi connectivity index (χ3n) is 4.60. The molecule has 1 saturated carbocycles. The summed E-state index contributed by atoms with van der Waals surface area (Å²) in [6.45, 7) is 3.15. The third kappa shape index (κ3) is 4.73. The first kappa shape index (κ1) is 16.0. The van der Waals surface area contributed by atoms with Crippen LogP contribution in [-0.4, -0.2) is 36.7 Å². The smallest absolute Gasteiger partial charge is 0.323 e. The number of nitrogens with zero attached hydrogens (tertiary/aromatic N) is 1. The molecule has 2 aromatic rings. The lowest BCUT2D eigenvalue weighted by atomic mass is 10.3. The largest absolute Gasteiger partial charge is 0.492 e. The first-order valence-corrected chi connectivity index (χ1v) is 8.86. The summed E-state index contributed by atoms with van der Waals surface area (Å²) >= 11 is 0. The number of hydrogen-bond acceptors (Lipinski definition) is 3. The highest BCUT2D eigenvalue weighted by atomic mass is 16.5. The van der Waals surface area contributed by atoms with Crippen molar-refractivity contribution in [2.24, 2.45) is 5.92 Å². The van der Waals surface area contributed by atoms with Crippen molar-refractivity contribution in [3.05, 3.63) is 54.6 Å². The summed E-state index contributed by atoms with van der Waals surface area (Å²) in [5, 5.41) is 5.61. The molecule has 2 unspecified atom stereocenters. The minimum atomic E-state index is -0.256. The van der Waals surface area contributed by atoms with Crippen LogP contribution in [0, 0.1) is 5.92 Å². The van der Waals surface area contributed by atoms with Gasteiger partial charge in [-0.3, -0.25) is 4.90 Å². The summed E-state index contributed by atoms with van der Waals surface area (Å²) in [5.41, 5.74) is 1.50. The van der Waals surface area contributed by atoms with E-state index < -0.39 is 0 Å². The van der Waals surface area contributed by atoms with Gasteiger partial charge in [0, 0.05) is 24.5 Å². The number of carbonyl (C=O) groups is 1. The van der Waals surface area contributed by atoms with Crippen LogP contribution in [0.4, 0.5) is 16.2 Å². The first-order chi connectivity index (χ1) is 12.3. The van der Waals surface area contributed by atoms with Crippen molar-refractivity contribution in [2.75, 3.05) is 30.3 Å². The maximum atomic E-state index is 12.0. The number of hydrogen-bond donors (Lipinski definition) is 2. The molecule has 0 bridgehead atoms. The molecule has 1 saturated heterocycles. The lowest BCUT2D eigenvalue weighted by Gasteiger charge is -2.09. The molecule has 2 atom stereocenters. The first-order valence-electron chi connectivity index (χ1n) is 8.86. The Kier molecular flexibility index (Phi) is 4.57. The van der Waals surface area contributed by atoms with Gasteiger partial charge in [0.2, 0.25) is 0 Å². The monoisotopic (exact) mass is 337 g/mol. The van der Waals surface area contributed by atoms with Gasteiger partial charge in [-0.2, -0.15) is 0 Å². The van der Waals surface area contributed by atoms with Crippen LogP contribution >= 0.6 is 0 Å². The quantitative estimate of drug-likeness (QED) is 0.756. The van der Waals surface area contributed by atoms with E-state index in [0.717, 1.165) is 36.2 Å². The van der Waals surface area contributed by atoms with Crippen LogP contribution in [0.1, 0.15) is 12.8 Å². The zero-order chi connectivity index (χ0) is 17.1. The Hall–Kier alpha value is -2.53. The van der Waals surface area contributed by atoms with Crippen molar-refractivity contribution >= 4 is 17.4 Å². The molecule has 2 aliphatic rings. The topological polar surface area (TPSA) is 53.4 Å². The molecule has 1 aliphatic heterocycles. The van der Waals surface area contributed by atoms with Gasteiger partial charge in [0.05, 0.1) is 6.04 Å². The van der Waals surface area contributed by atoms with E-state index in [1.54, 1.807) is 0 Å². The Morgan fingerprint density at radius 1 is 1.00 bits per heavy atom. The molecular formula is C20H23N3O2. The summed E-state index contributed by atoms with van der Waals surface area (Å²) in [5.74, 6) is 1.78. The molecule has 2 amide bonds. The van der Waals surface area contributed by atoms with Gasteiger partial charge in [0.15, 0.2) is 0 Å². The number of amides is 2. The molecule has 2 aromatic carbocycles. The van der Waals surface area contributed by atoms with Crippen LogP contribution < -0.4 is 15.4 Å². The van der Waals surface area contributed by atoms with E-state index in [2.05, 4.69) is 15.5 Å². The van der Waals surface area contributed by atoms with Crippen LogP contribution in [-0.2, 0) is 0 Å². The van der Waals surface area contributed by atoms with Gasteiger partial charge in [0.25, 0.3) is 0 Å². The van der Waals surface area contributed by atoms with Crippen LogP contribution in [0.5, 0.6) is 5.75 Å². The van der Waals surface area contributed by atoms with Gasteiger partial charge in [-0.15, -0.1) is 0 Å². The Morgan fingerprint density at radius 2 is 1.68 bits per heavy atom. The van der Waals surface area contributed by atoms with Crippen LogP contribution in [0.15, 0.2) is 54.6 Å². The van der Waals surface area contributed by atoms with E-state index >= 15 is 0 Å². The number of urea groups is 1. The van der Waals surface area contributed by atoms with E-state index in [1.165, 1.54) is 19.4 Å². The minimum absolute atomic E-state index is 0.256. The summed E-state index contributed by atoms with van der Waals surface area (Å²) in [4.78, 5) is 14.4. The number of nitrogens with one attached hydrogen (secondary N) is 2. The van der Waals surface area contributed by atoms with E-state index in [4.69, 9.17) is 4.74 Å². The number of para-hydroxylation sites is 1. The predicted octanol–water partition coefficient (Wildman–Crippen LogP) is 3.80. The number of carbonyl (C=O) groups excluding carboxylic acids is 1. The molecule has 0 spiro atoms. The van der Waals surface area contributed by atoms with Gasteiger partial charge < -0.3 is 15.4 Å². The molecule has 130 valence electrons. The average Bonchev–Trinajstić information content (AvgIpc) is 3.54. The number of rotatable bonds is 7. The highest BCUT2D eigenvalue weighted by molar-refractivity contribution is 5.99. The van der Waals surface area contributed by atoms with E-state index in [1.807, 2.05) is 54.6 Å². The molecule has 5 nitrogen and oxygen atoms in total. The maximum Gasteiger partial charge on any atom is 0.323 e. The molecule has 4 rings (SSSR count). The second-order valence-corrected chi connectivity index (χ2v) is 6.83. The molecular weight excluding hydrogens is 314 g/mol. The Labute approximate surface area is 148 Å². The zero-order valence-corrected chi connectivity index (χ0v) is 14.2. The maximum absolute atomic E-state index is 12.0. The zero-order valence-electron chi connectivity index (χ0n) is 14.2. The van der Waals surface area contributed by atoms with Gasteiger partial charge in [-0.25, -0.2) is 4.79 Å². The fourth-order valence-corrected chi connectivity index (χ4v) is 2.88. The van der Waals surface area contributed by atoms with Crippen molar-refractivity contribution in [1.29, 1.82) is 0 Å². The predicted molar refractivity (Wildman–Crippen MR) is 99.1 cm³/mol. The molecule has 2 N–H and O–H groups in total. The fraction of sp³-hybridized carbons (Fsp3) is 0.350. The minimum Gasteiger partial charge on any atom is -0.492 e. The van der Waals surface area contributed by atoms with Crippen molar-refractivity contribution in [2.45, 2.75) is 18.9 Å². The van der Waals surface area contributed by atoms with Crippen LogP contribution in [0.25, 0.3) is 0 Å². The Balaban J connectivity index is 1.21. The van der Waals surface area contributed by atoms with Gasteiger partial charge in [-0.05, 0) is 55.2 Å². The summed E-state index contributed by atoms with van der Waals surface area (Å²) in [6.07, 6.45) is 2.80. The molecule has 5 heteroatoms. The Bertz CT molecular complexity index is 713. The van der Waals surface area contributed by atoms with Crippen molar-refractivity contribution in [1.82, 2.24) is 4.90 Å². The van der Waals surface area contributed by atoms with E-state index in [0.29, 0.717) is 6.04 Å². The summed E-state index contributed by atoms with van der Waals surface area (Å²) < 4.78 is 5.85. The van der Waals surface area contributed by atoms with Crippen LogP contribution in [0.2, 0.25) is 0 Å². The Morgan fingerprint density at radius 3 is 2.36 bits per heavy atom. The molecule has 0 radical (unpaired) electrons. The highest BCUT2D eigenvalue weighted by Crippen LogP contribution is 2.33. The molecule has 2 fully saturated rings. The van der Waals surface area contributed by atoms with E-state index in [9.17, 15) is 4.79 Å². The normalized spacial score (nSPS) is 21.4. The lowest BCUT2D eigenvalue weighted by molar-refractivity contribution is 0.262. The van der Waals surface area contributed by atoms with Crippen molar-refractivity contribution in [3.63, 3.8) is 0 Å². The molecule has 0 aromatic heterocycles. The second-order valence-electron chi connectivity index (χ2n) is 6.83. The summed E-state index contributed by atoms with van der Waals surface area (Å²) in [6, 6.07) is 17.2. The van der Waals surface area contributed by atoms with Crippen LogP contribution in [0.3, 0.4) is 0 Å². The van der Waals surface area contributed by atoms with Crippen molar-refractivity contribution in [3.8, 4) is 5.75 Å². The second kappa shape index (κ2) is 7.15. The van der Waals surface area contributed by atoms with E-state index in [-0.39, 0.29) is 6.03 Å². The standard InChI is InChI=1S/C20H23N3O2/c24-20(21-16-4-2-1-3-5-16)22-17-8-10-19(11-9-17)25-14-18-13-23(18)12-15-6-7-15/h1-5,8-11,15,18H,6-7,12-14H2,(H2,21,22,24). The van der Waals surface area contributed by atoms with Gasteiger partial charge >= 0.3 is 6.03 Å². The molecule has 25 heavy (non-hydrogen) atoms. The third-order valence-corrected chi connectivity index (χ3v) is 4.60.